The molecule has 1 aliphatic heterocycles. The van der Waals surface area contributed by atoms with E-state index >= 15 is 0 Å². The third kappa shape index (κ3) is 3.61. The van der Waals surface area contributed by atoms with Gasteiger partial charge >= 0.3 is 0 Å². The molecule has 2 fully saturated rings. The highest BCUT2D eigenvalue weighted by Gasteiger charge is 2.23. The van der Waals surface area contributed by atoms with Crippen LogP contribution in [0.3, 0.4) is 0 Å². The first-order valence-electron chi connectivity index (χ1n) is 9.39. The van der Waals surface area contributed by atoms with Crippen LogP contribution in [0.25, 0.3) is 10.9 Å². The van der Waals surface area contributed by atoms with Crippen LogP contribution in [-0.2, 0) is 6.54 Å². The predicted octanol–water partition coefficient (Wildman–Crippen LogP) is 3.91. The van der Waals surface area contributed by atoms with Gasteiger partial charge in [-0.05, 0) is 62.4 Å². The number of nitrogens with zero attached hydrogens (tertiary/aromatic N) is 1. The lowest BCUT2D eigenvalue weighted by molar-refractivity contribution is 0.172. The highest BCUT2D eigenvalue weighted by molar-refractivity contribution is 5.82. The maximum absolute atomic E-state index is 3.79. The van der Waals surface area contributed by atoms with Crippen LogP contribution in [-0.4, -0.2) is 35.6 Å². The van der Waals surface area contributed by atoms with Crippen molar-refractivity contribution in [1.82, 2.24) is 15.2 Å². The van der Waals surface area contributed by atoms with E-state index in [0.29, 0.717) is 6.04 Å². The molecule has 0 unspecified atom stereocenters. The summed E-state index contributed by atoms with van der Waals surface area (Å²) in [5.74, 6) is 0.991. The Bertz CT molecular complexity index is 619. The van der Waals surface area contributed by atoms with Gasteiger partial charge in [0.15, 0.2) is 0 Å². The van der Waals surface area contributed by atoms with Gasteiger partial charge in [0.2, 0.25) is 0 Å². The lowest BCUT2D eigenvalue weighted by Crippen LogP contribution is -2.43. The monoisotopic (exact) mass is 311 g/mol. The summed E-state index contributed by atoms with van der Waals surface area (Å²) < 4.78 is 0. The first kappa shape index (κ1) is 15.2. The number of hydrogen-bond donors (Lipinski definition) is 2. The first-order chi connectivity index (χ1) is 11.4. The molecule has 0 amide bonds. The SMILES string of the molecule is c1cc(CNC2CCN(CC3CCCC3)CC2)c2cc[nH]c2c1. The minimum absolute atomic E-state index is 0.684. The molecule has 4 rings (SSSR count). The smallest absolute Gasteiger partial charge is 0.0457 e. The van der Waals surface area contributed by atoms with Crippen molar-refractivity contribution in [2.75, 3.05) is 19.6 Å². The van der Waals surface area contributed by atoms with Crippen molar-refractivity contribution in [2.45, 2.75) is 51.1 Å². The maximum Gasteiger partial charge on any atom is 0.0457 e. The zero-order valence-corrected chi connectivity index (χ0v) is 14.1. The summed E-state index contributed by atoms with van der Waals surface area (Å²) >= 11 is 0. The van der Waals surface area contributed by atoms with E-state index in [0.717, 1.165) is 12.5 Å². The van der Waals surface area contributed by atoms with Gasteiger partial charge in [-0.2, -0.15) is 0 Å². The van der Waals surface area contributed by atoms with Crippen LogP contribution in [0, 0.1) is 5.92 Å². The Balaban J connectivity index is 1.25. The Hall–Kier alpha value is -1.32. The van der Waals surface area contributed by atoms with E-state index in [1.807, 2.05) is 6.20 Å². The topological polar surface area (TPSA) is 31.1 Å². The van der Waals surface area contributed by atoms with E-state index in [4.69, 9.17) is 0 Å². The van der Waals surface area contributed by atoms with Crippen LogP contribution in [0.4, 0.5) is 0 Å². The molecule has 1 aromatic heterocycles. The number of H-pyrrole nitrogens is 1. The van der Waals surface area contributed by atoms with Crippen molar-refractivity contribution in [1.29, 1.82) is 0 Å². The molecule has 2 heterocycles. The number of piperidine rings is 1. The summed E-state index contributed by atoms with van der Waals surface area (Å²) in [6.45, 7) is 4.91. The minimum Gasteiger partial charge on any atom is -0.361 e. The normalized spacial score (nSPS) is 21.4. The van der Waals surface area contributed by atoms with Crippen molar-refractivity contribution in [3.05, 3.63) is 36.0 Å². The molecule has 0 atom stereocenters. The minimum atomic E-state index is 0.684. The third-order valence-electron chi connectivity index (χ3n) is 5.85. The average molecular weight is 311 g/mol. The second-order valence-corrected chi connectivity index (χ2v) is 7.46. The summed E-state index contributed by atoms with van der Waals surface area (Å²) in [6, 6.07) is 9.43. The zero-order chi connectivity index (χ0) is 15.5. The Morgan fingerprint density at radius 1 is 1.04 bits per heavy atom. The van der Waals surface area contributed by atoms with Gasteiger partial charge in [-0.1, -0.05) is 25.0 Å². The van der Waals surface area contributed by atoms with Gasteiger partial charge in [-0.15, -0.1) is 0 Å². The molecule has 23 heavy (non-hydrogen) atoms. The second-order valence-electron chi connectivity index (χ2n) is 7.46. The van der Waals surface area contributed by atoms with Crippen LogP contribution in [0.15, 0.2) is 30.5 Å². The molecule has 0 bridgehead atoms. The molecule has 0 radical (unpaired) electrons. The fourth-order valence-electron chi connectivity index (χ4n) is 4.44. The molecule has 1 saturated carbocycles. The molecule has 1 aromatic carbocycles. The molecule has 3 nitrogen and oxygen atoms in total. The molecule has 0 spiro atoms. The summed E-state index contributed by atoms with van der Waals surface area (Å²) in [5.41, 5.74) is 2.66. The Morgan fingerprint density at radius 3 is 2.70 bits per heavy atom. The van der Waals surface area contributed by atoms with E-state index in [1.165, 1.54) is 74.6 Å². The summed E-state index contributed by atoms with van der Waals surface area (Å²) in [5, 5.41) is 5.15. The highest BCUT2D eigenvalue weighted by Crippen LogP contribution is 2.26. The molecule has 1 saturated heterocycles. The largest absolute Gasteiger partial charge is 0.361 e. The van der Waals surface area contributed by atoms with Gasteiger partial charge in [0.05, 0.1) is 0 Å². The molecular weight excluding hydrogens is 282 g/mol. The predicted molar refractivity (Wildman–Crippen MR) is 96.6 cm³/mol. The quantitative estimate of drug-likeness (QED) is 0.877. The Kier molecular flexibility index (Phi) is 4.67. The van der Waals surface area contributed by atoms with Crippen molar-refractivity contribution >= 4 is 10.9 Å². The molecule has 2 N–H and O–H groups in total. The lowest BCUT2D eigenvalue weighted by Gasteiger charge is -2.34. The van der Waals surface area contributed by atoms with Gasteiger partial charge in [0.1, 0.15) is 0 Å². The van der Waals surface area contributed by atoms with Gasteiger partial charge < -0.3 is 15.2 Å². The van der Waals surface area contributed by atoms with Gasteiger partial charge in [-0.3, -0.25) is 0 Å². The van der Waals surface area contributed by atoms with Crippen molar-refractivity contribution < 1.29 is 0 Å². The van der Waals surface area contributed by atoms with Gasteiger partial charge in [0.25, 0.3) is 0 Å². The van der Waals surface area contributed by atoms with E-state index in [1.54, 1.807) is 0 Å². The standard InChI is InChI=1S/C20H29N3/c1-2-5-16(4-1)15-23-12-9-18(10-13-23)22-14-17-6-3-7-20-19(17)8-11-21-20/h3,6-8,11,16,18,21-22H,1-2,4-5,9-10,12-15H2. The van der Waals surface area contributed by atoms with Crippen LogP contribution >= 0.6 is 0 Å². The Labute approximate surface area is 139 Å². The number of hydrogen-bond acceptors (Lipinski definition) is 2. The highest BCUT2D eigenvalue weighted by atomic mass is 15.1. The molecule has 2 aromatic rings. The summed E-state index contributed by atoms with van der Waals surface area (Å²) in [6.07, 6.45) is 10.5. The number of rotatable bonds is 5. The van der Waals surface area contributed by atoms with Gasteiger partial charge in [0, 0.05) is 36.2 Å². The summed E-state index contributed by atoms with van der Waals surface area (Å²) in [7, 11) is 0. The average Bonchev–Trinajstić information content (AvgIpc) is 3.25. The van der Waals surface area contributed by atoms with Crippen molar-refractivity contribution in [3.8, 4) is 0 Å². The molecular formula is C20H29N3. The molecule has 1 aliphatic carbocycles. The molecule has 124 valence electrons. The van der Waals surface area contributed by atoms with Crippen LogP contribution in [0.5, 0.6) is 0 Å². The van der Waals surface area contributed by atoms with Crippen LogP contribution < -0.4 is 5.32 Å². The Morgan fingerprint density at radius 2 is 1.87 bits per heavy atom. The van der Waals surface area contributed by atoms with Crippen LogP contribution in [0.2, 0.25) is 0 Å². The fraction of sp³-hybridized carbons (Fsp3) is 0.600. The van der Waals surface area contributed by atoms with Crippen molar-refractivity contribution in [3.63, 3.8) is 0 Å². The van der Waals surface area contributed by atoms with E-state index in [-0.39, 0.29) is 0 Å². The molecule has 3 heteroatoms. The number of aromatic amines is 1. The van der Waals surface area contributed by atoms with E-state index in [2.05, 4.69) is 39.5 Å². The van der Waals surface area contributed by atoms with E-state index < -0.39 is 0 Å². The first-order valence-corrected chi connectivity index (χ1v) is 9.39. The molecule has 2 aliphatic rings. The van der Waals surface area contributed by atoms with Gasteiger partial charge in [-0.25, -0.2) is 0 Å². The number of benzene rings is 1. The number of aromatic nitrogens is 1. The number of fused-ring (bicyclic) bond motifs is 1. The number of nitrogens with one attached hydrogen (secondary N) is 2. The zero-order valence-electron chi connectivity index (χ0n) is 14.1. The van der Waals surface area contributed by atoms with Crippen LogP contribution in [0.1, 0.15) is 44.1 Å². The van der Waals surface area contributed by atoms with E-state index in [9.17, 15) is 0 Å². The number of likely N-dealkylation sites (tertiary alicyclic amines) is 1. The summed E-state index contributed by atoms with van der Waals surface area (Å²) in [4.78, 5) is 6.01. The third-order valence-corrected chi connectivity index (χ3v) is 5.85. The second kappa shape index (κ2) is 7.06. The van der Waals surface area contributed by atoms with Crippen molar-refractivity contribution in [2.24, 2.45) is 5.92 Å². The lowest BCUT2D eigenvalue weighted by atomic mass is 10.0. The maximum atomic E-state index is 3.79. The fourth-order valence-corrected chi connectivity index (χ4v) is 4.44.